The average Bonchev–Trinajstić information content (AvgIpc) is 2.65. The van der Waals surface area contributed by atoms with E-state index in [1.165, 1.54) is 16.7 Å². The highest BCUT2D eigenvalue weighted by molar-refractivity contribution is 5.90. The van der Waals surface area contributed by atoms with Gasteiger partial charge < -0.3 is 10.1 Å². The molecule has 0 aromatic heterocycles. The summed E-state index contributed by atoms with van der Waals surface area (Å²) in [6.45, 7) is 4.19. The summed E-state index contributed by atoms with van der Waals surface area (Å²) >= 11 is 0. The van der Waals surface area contributed by atoms with Crippen molar-refractivity contribution < 1.29 is 9.53 Å². The standard InChI is InChI=1S/C23H23NO2/c1-17-8-9-19(16-18(17)2)10-15-23(25)24-20-11-13-22(14-12-20)26-21-6-4-3-5-7-21/h3-9,11-14,16H,10,15H2,1-2H3,(H,24,25). The van der Waals surface area contributed by atoms with Gasteiger partial charge in [-0.15, -0.1) is 0 Å². The van der Waals surface area contributed by atoms with Crippen molar-refractivity contribution in [2.75, 3.05) is 5.32 Å². The van der Waals surface area contributed by atoms with Crippen LogP contribution in [0.5, 0.6) is 11.5 Å². The molecule has 0 saturated carbocycles. The zero-order chi connectivity index (χ0) is 18.4. The summed E-state index contributed by atoms with van der Waals surface area (Å²) in [5.74, 6) is 1.54. The molecule has 0 radical (unpaired) electrons. The summed E-state index contributed by atoms with van der Waals surface area (Å²) in [5, 5.41) is 2.93. The number of nitrogens with one attached hydrogen (secondary N) is 1. The fraction of sp³-hybridized carbons (Fsp3) is 0.174. The van der Waals surface area contributed by atoms with Crippen LogP contribution in [0.3, 0.4) is 0 Å². The number of anilines is 1. The Labute approximate surface area is 154 Å². The van der Waals surface area contributed by atoms with Gasteiger partial charge in [0.25, 0.3) is 0 Å². The monoisotopic (exact) mass is 345 g/mol. The molecular weight excluding hydrogens is 322 g/mol. The SMILES string of the molecule is Cc1ccc(CCC(=O)Nc2ccc(Oc3ccccc3)cc2)cc1C. The van der Waals surface area contributed by atoms with Crippen LogP contribution in [0.15, 0.2) is 72.8 Å². The molecule has 1 amide bonds. The Balaban J connectivity index is 1.51. The minimum absolute atomic E-state index is 0.0138. The van der Waals surface area contributed by atoms with Crippen LogP contribution in [0, 0.1) is 13.8 Å². The van der Waals surface area contributed by atoms with E-state index in [1.807, 2.05) is 54.6 Å². The fourth-order valence-electron chi connectivity index (χ4n) is 2.67. The maximum absolute atomic E-state index is 12.2. The molecular formula is C23H23NO2. The molecule has 26 heavy (non-hydrogen) atoms. The number of carbonyl (C=O) groups excluding carboxylic acids is 1. The molecule has 1 N–H and O–H groups in total. The van der Waals surface area contributed by atoms with Crippen LogP contribution in [-0.4, -0.2) is 5.91 Å². The maximum atomic E-state index is 12.2. The molecule has 0 aliphatic heterocycles. The third kappa shape index (κ3) is 4.96. The van der Waals surface area contributed by atoms with Gasteiger partial charge in [0.15, 0.2) is 0 Å². The minimum Gasteiger partial charge on any atom is -0.457 e. The molecule has 0 unspecified atom stereocenters. The van der Waals surface area contributed by atoms with Crippen LogP contribution in [0.25, 0.3) is 0 Å². The smallest absolute Gasteiger partial charge is 0.224 e. The van der Waals surface area contributed by atoms with E-state index in [0.29, 0.717) is 6.42 Å². The fourth-order valence-corrected chi connectivity index (χ4v) is 2.67. The third-order valence-corrected chi connectivity index (χ3v) is 4.33. The number of ether oxygens (including phenoxy) is 1. The molecule has 0 atom stereocenters. The predicted octanol–water partition coefficient (Wildman–Crippen LogP) is 5.67. The molecule has 0 fully saturated rings. The molecule has 3 aromatic rings. The summed E-state index contributed by atoms with van der Waals surface area (Å²) < 4.78 is 5.75. The number of benzene rings is 3. The molecule has 0 bridgehead atoms. The summed E-state index contributed by atoms with van der Waals surface area (Å²) in [7, 11) is 0. The number of carbonyl (C=O) groups is 1. The summed E-state index contributed by atoms with van der Waals surface area (Å²) in [4.78, 5) is 12.2. The zero-order valence-electron chi connectivity index (χ0n) is 15.2. The number of aryl methyl sites for hydroxylation is 3. The Bertz CT molecular complexity index is 870. The Kier molecular flexibility index (Phi) is 5.69. The molecule has 3 aromatic carbocycles. The van der Waals surface area contributed by atoms with Gasteiger partial charge in [-0.2, -0.15) is 0 Å². The van der Waals surface area contributed by atoms with Crippen LogP contribution in [0.4, 0.5) is 5.69 Å². The van der Waals surface area contributed by atoms with Gasteiger partial charge in [0.2, 0.25) is 5.91 Å². The first-order chi connectivity index (χ1) is 12.6. The van der Waals surface area contributed by atoms with Gasteiger partial charge in [-0.3, -0.25) is 4.79 Å². The van der Waals surface area contributed by atoms with Crippen molar-refractivity contribution in [2.24, 2.45) is 0 Å². The quantitative estimate of drug-likeness (QED) is 0.625. The van der Waals surface area contributed by atoms with E-state index >= 15 is 0 Å². The van der Waals surface area contributed by atoms with Crippen molar-refractivity contribution in [3.8, 4) is 11.5 Å². The number of rotatable bonds is 6. The Morgan fingerprint density at radius 3 is 2.23 bits per heavy atom. The van der Waals surface area contributed by atoms with Crippen LogP contribution >= 0.6 is 0 Å². The lowest BCUT2D eigenvalue weighted by Gasteiger charge is -2.09. The molecule has 3 heteroatoms. The topological polar surface area (TPSA) is 38.3 Å². The number of hydrogen-bond donors (Lipinski definition) is 1. The van der Waals surface area contributed by atoms with Crippen molar-refractivity contribution >= 4 is 11.6 Å². The zero-order valence-corrected chi connectivity index (χ0v) is 15.2. The van der Waals surface area contributed by atoms with E-state index in [4.69, 9.17) is 4.74 Å². The molecule has 0 heterocycles. The third-order valence-electron chi connectivity index (χ3n) is 4.33. The molecule has 0 aliphatic rings. The van der Waals surface area contributed by atoms with Gasteiger partial charge in [-0.25, -0.2) is 0 Å². The van der Waals surface area contributed by atoms with E-state index in [-0.39, 0.29) is 5.91 Å². The molecule has 3 nitrogen and oxygen atoms in total. The van der Waals surface area contributed by atoms with Gasteiger partial charge >= 0.3 is 0 Å². The van der Waals surface area contributed by atoms with E-state index in [2.05, 4.69) is 37.4 Å². The van der Waals surface area contributed by atoms with Crippen LogP contribution in [0.2, 0.25) is 0 Å². The Hall–Kier alpha value is -3.07. The second kappa shape index (κ2) is 8.34. The molecule has 0 aliphatic carbocycles. The lowest BCUT2D eigenvalue weighted by molar-refractivity contribution is -0.116. The van der Waals surface area contributed by atoms with Crippen molar-refractivity contribution in [3.63, 3.8) is 0 Å². The lowest BCUT2D eigenvalue weighted by Crippen LogP contribution is -2.12. The van der Waals surface area contributed by atoms with Gasteiger partial charge in [0.1, 0.15) is 11.5 Å². The second-order valence-electron chi connectivity index (χ2n) is 6.41. The first-order valence-electron chi connectivity index (χ1n) is 8.79. The number of hydrogen-bond acceptors (Lipinski definition) is 2. The molecule has 3 rings (SSSR count). The van der Waals surface area contributed by atoms with Crippen molar-refractivity contribution in [3.05, 3.63) is 89.5 Å². The highest BCUT2D eigenvalue weighted by Gasteiger charge is 2.05. The predicted molar refractivity (Wildman–Crippen MR) is 106 cm³/mol. The van der Waals surface area contributed by atoms with Gasteiger partial charge in [-0.05, 0) is 73.4 Å². The normalized spacial score (nSPS) is 10.4. The van der Waals surface area contributed by atoms with E-state index in [1.54, 1.807) is 0 Å². The highest BCUT2D eigenvalue weighted by Crippen LogP contribution is 2.22. The van der Waals surface area contributed by atoms with E-state index in [9.17, 15) is 4.79 Å². The maximum Gasteiger partial charge on any atom is 0.224 e. The van der Waals surface area contributed by atoms with Gasteiger partial charge in [-0.1, -0.05) is 36.4 Å². The lowest BCUT2D eigenvalue weighted by atomic mass is 10.0. The summed E-state index contributed by atoms with van der Waals surface area (Å²) in [5.41, 5.74) is 4.50. The van der Waals surface area contributed by atoms with Crippen molar-refractivity contribution in [1.29, 1.82) is 0 Å². The highest BCUT2D eigenvalue weighted by atomic mass is 16.5. The van der Waals surface area contributed by atoms with Gasteiger partial charge in [0, 0.05) is 12.1 Å². The average molecular weight is 345 g/mol. The van der Waals surface area contributed by atoms with Crippen LogP contribution in [-0.2, 0) is 11.2 Å². The minimum atomic E-state index is 0.0138. The van der Waals surface area contributed by atoms with E-state index < -0.39 is 0 Å². The molecule has 0 saturated heterocycles. The Morgan fingerprint density at radius 1 is 0.846 bits per heavy atom. The van der Waals surface area contributed by atoms with Crippen LogP contribution in [0.1, 0.15) is 23.1 Å². The summed E-state index contributed by atoms with van der Waals surface area (Å²) in [6, 6.07) is 23.4. The number of para-hydroxylation sites is 1. The van der Waals surface area contributed by atoms with Crippen molar-refractivity contribution in [2.45, 2.75) is 26.7 Å². The van der Waals surface area contributed by atoms with E-state index in [0.717, 1.165) is 23.6 Å². The first-order valence-corrected chi connectivity index (χ1v) is 8.79. The second-order valence-corrected chi connectivity index (χ2v) is 6.41. The van der Waals surface area contributed by atoms with Crippen LogP contribution < -0.4 is 10.1 Å². The first kappa shape index (κ1) is 17.7. The van der Waals surface area contributed by atoms with Crippen molar-refractivity contribution in [1.82, 2.24) is 0 Å². The number of amides is 1. The largest absolute Gasteiger partial charge is 0.457 e. The molecule has 132 valence electrons. The van der Waals surface area contributed by atoms with Gasteiger partial charge in [0.05, 0.1) is 0 Å². The molecule has 0 spiro atoms. The summed E-state index contributed by atoms with van der Waals surface area (Å²) in [6.07, 6.45) is 1.20. The Morgan fingerprint density at radius 2 is 1.54 bits per heavy atom.